The summed E-state index contributed by atoms with van der Waals surface area (Å²) in [6.07, 6.45) is 20.5. The minimum absolute atomic E-state index is 0.0302. The molecule has 5 aromatic carbocycles. The third kappa shape index (κ3) is 18.4. The van der Waals surface area contributed by atoms with Crippen molar-refractivity contribution in [3.05, 3.63) is 231 Å². The number of carbonyl (C=O) groups is 4. The van der Waals surface area contributed by atoms with Gasteiger partial charge in [-0.05, 0) is 178 Å². The molecule has 29 heteroatoms. The fraction of sp³-hybridized carbons (Fsp3) is 0.367. The number of H-pyrrole nitrogens is 1. The molecular formula is C90H103N21O8. The molecule has 0 spiro atoms. The quantitative estimate of drug-likeness (QED) is 0.0293. The van der Waals surface area contributed by atoms with Gasteiger partial charge >= 0.3 is 5.97 Å². The number of methoxy groups -OCH3 is 2. The SMILES string of the molecule is COC[C@H](C(=O)Nc1cccc2c1CC=C2c1nc(Nc2ccc3[nH]ccc3c2)ncc1C)N1CCN(C)CC1.COC[C@H](C(=O)Nc1cccc2c1CC=C2c1nc(Nc2ccc3c(c2)CCOC3=O)ncc1C)N1CCN(C)CC1.C[C@H](C(=O)Nc1cccc2c1CC=C2c1ccnc(Nc2cnn(C3COC3)c2)n1)N1CCN(C)CC1. The van der Waals surface area contributed by atoms with Gasteiger partial charge in [-0.3, -0.25) is 33.8 Å². The van der Waals surface area contributed by atoms with Crippen LogP contribution >= 0.6 is 0 Å². The summed E-state index contributed by atoms with van der Waals surface area (Å²) in [5.41, 5.74) is 21.9. The number of likely N-dealkylation sites (N-methyl/N-ethyl adjacent to an activating group) is 3. The summed E-state index contributed by atoms with van der Waals surface area (Å²) in [6, 6.07) is 33.3. The number of allylic oxidation sites excluding steroid dienone is 3. The van der Waals surface area contributed by atoms with Crippen molar-refractivity contribution < 1.29 is 38.1 Å². The zero-order chi connectivity index (χ0) is 82.2. The molecule has 0 radical (unpaired) electrons. The topological polar surface area (TPSA) is 308 Å². The zero-order valence-electron chi connectivity index (χ0n) is 68.7. The minimum atomic E-state index is -0.347. The number of hydrogen-bond acceptors (Lipinski definition) is 24. The number of aromatic amines is 1. The lowest BCUT2D eigenvalue weighted by Gasteiger charge is -2.36. The van der Waals surface area contributed by atoms with Crippen molar-refractivity contribution in [2.45, 2.75) is 70.6 Å². The number of esters is 1. The second kappa shape index (κ2) is 36.6. The van der Waals surface area contributed by atoms with Crippen molar-refractivity contribution in [2.75, 3.05) is 179 Å². The standard InChI is InChI=1S/C32H36N6O4.C31H35N7O2.C27H32N8O2/c1-20-18-33-32(34-22-7-8-23-21(17-22)11-16-42-31(23)40)36-29(20)26-10-9-25-24(26)5-4-6-27(25)35-30(39)28(19-41-3)38-14-12-37(2)13-15-38;1-20-18-33-31(34-22-7-10-26-21(17-22)11-12-32-26)36-29(20)25-9-8-24-23(25)5-4-6-27(24)35-30(39)28(19-40-3)38-15-13-37(2)14-16-38;1-18(34-12-10-33(2)11-13-34)26(36)31-24-5-3-4-21-22(24)6-7-23(21)25-8-9-28-27(32-25)30-19-14-29-35(15-19)20-16-37-17-20/h4-8,10,17-18,28H,9,11-16,19H2,1-3H3,(H,35,39)(H,33,34,36);4-7,9-12,17-18,28,32H,8,13-16,19H2,1-3H3,(H,35,39)(H,33,34,36);3-5,7-9,14-15,18,20H,6,10-13,16-17H2,1-2H3,(H,31,36)(H,28,30,32)/t2*28-;18-/m111/s1. The molecule has 4 saturated heterocycles. The zero-order valence-corrected chi connectivity index (χ0v) is 68.7. The summed E-state index contributed by atoms with van der Waals surface area (Å²) in [4.78, 5) is 96.9. The predicted octanol–water partition coefficient (Wildman–Crippen LogP) is 10.2. The molecule has 0 saturated carbocycles. The third-order valence-electron chi connectivity index (χ3n) is 23.6. The smallest absolute Gasteiger partial charge is 0.338 e. The number of ether oxygens (including phenoxy) is 4. The Balaban J connectivity index is 0.000000133. The summed E-state index contributed by atoms with van der Waals surface area (Å²) < 4.78 is 23.2. The van der Waals surface area contributed by atoms with Crippen LogP contribution in [0.2, 0.25) is 0 Å². The molecular weight excluding hydrogens is 1500 g/mol. The summed E-state index contributed by atoms with van der Waals surface area (Å²) in [6.45, 7) is 19.4. The van der Waals surface area contributed by atoms with Crippen molar-refractivity contribution in [1.82, 2.24) is 74.1 Å². The molecule has 29 nitrogen and oxygen atoms in total. The van der Waals surface area contributed by atoms with Gasteiger partial charge in [0.2, 0.25) is 35.6 Å². The van der Waals surface area contributed by atoms with Crippen molar-refractivity contribution >= 4 is 103 Å². The highest BCUT2D eigenvalue weighted by Crippen LogP contribution is 2.41. The van der Waals surface area contributed by atoms with Crippen LogP contribution in [0.1, 0.15) is 90.5 Å². The van der Waals surface area contributed by atoms with Crippen LogP contribution < -0.4 is 31.9 Å². The molecule has 4 fully saturated rings. The Labute approximate surface area is 692 Å². The first kappa shape index (κ1) is 81.0. The summed E-state index contributed by atoms with van der Waals surface area (Å²) >= 11 is 0. The maximum atomic E-state index is 13.5. The Bertz CT molecular complexity index is 5500. The maximum absolute atomic E-state index is 13.5. The van der Waals surface area contributed by atoms with E-state index in [0.717, 1.165) is 220 Å². The first-order valence-corrected chi connectivity index (χ1v) is 40.9. The van der Waals surface area contributed by atoms with Crippen LogP contribution in [0.15, 0.2) is 159 Å². The van der Waals surface area contributed by atoms with E-state index in [1.165, 1.54) is 0 Å². The van der Waals surface area contributed by atoms with Gasteiger partial charge in [0, 0.05) is 186 Å². The number of aryl methyl sites for hydroxylation is 2. The van der Waals surface area contributed by atoms with Gasteiger partial charge in [0.25, 0.3) is 0 Å². The largest absolute Gasteiger partial charge is 0.462 e. The summed E-state index contributed by atoms with van der Waals surface area (Å²) in [5, 5.41) is 25.1. The Morgan fingerprint density at radius 1 is 0.538 bits per heavy atom. The average molecular weight is 1610 g/mol. The fourth-order valence-corrected chi connectivity index (χ4v) is 16.5. The number of cyclic esters (lactones) is 1. The van der Waals surface area contributed by atoms with E-state index < -0.39 is 0 Å². The monoisotopic (exact) mass is 1610 g/mol. The molecule has 18 rings (SSSR count). The highest BCUT2D eigenvalue weighted by Gasteiger charge is 2.34. The molecule has 10 aromatic rings. The number of benzene rings is 5. The van der Waals surface area contributed by atoms with Gasteiger partial charge in [-0.25, -0.2) is 34.7 Å². The van der Waals surface area contributed by atoms with E-state index in [4.69, 9.17) is 33.9 Å². The average Bonchev–Trinajstić information content (AvgIpc) is 1.65. The third-order valence-corrected chi connectivity index (χ3v) is 23.6. The molecule has 8 aliphatic rings. The van der Waals surface area contributed by atoms with E-state index in [-0.39, 0.29) is 41.8 Å². The van der Waals surface area contributed by atoms with Crippen LogP contribution in [-0.4, -0.2) is 263 Å². The molecule has 7 N–H and O–H groups in total. The molecule has 0 bridgehead atoms. The maximum Gasteiger partial charge on any atom is 0.338 e. The molecule has 3 aliphatic carbocycles. The highest BCUT2D eigenvalue weighted by molar-refractivity contribution is 6.00. The van der Waals surface area contributed by atoms with E-state index in [1.54, 1.807) is 32.7 Å². The lowest BCUT2D eigenvalue weighted by Crippen LogP contribution is -2.54. The number of carbonyl (C=O) groups excluding carboxylic acids is 4. The molecule has 3 amide bonds. The first-order valence-electron chi connectivity index (χ1n) is 40.9. The number of amides is 3. The Morgan fingerprint density at radius 2 is 1.03 bits per heavy atom. The van der Waals surface area contributed by atoms with Gasteiger partial charge in [0.15, 0.2) is 0 Å². The van der Waals surface area contributed by atoms with Crippen LogP contribution in [0.4, 0.5) is 52.0 Å². The first-order chi connectivity index (χ1) is 57.9. The number of rotatable bonds is 23. The molecule has 0 unspecified atom stereocenters. The van der Waals surface area contributed by atoms with E-state index in [0.29, 0.717) is 75.3 Å². The second-order valence-corrected chi connectivity index (χ2v) is 31.6. The van der Waals surface area contributed by atoms with Crippen molar-refractivity contribution in [3.63, 3.8) is 0 Å². The van der Waals surface area contributed by atoms with Crippen LogP contribution in [-0.2, 0) is 59.0 Å². The Kier molecular flexibility index (Phi) is 24.9. The number of aromatic nitrogens is 9. The van der Waals surface area contributed by atoms with E-state index in [9.17, 15) is 19.2 Å². The molecule has 5 aromatic heterocycles. The lowest BCUT2D eigenvalue weighted by molar-refractivity contribution is -0.124. The number of nitrogens with zero attached hydrogens (tertiary/aromatic N) is 14. The molecule has 10 heterocycles. The van der Waals surface area contributed by atoms with E-state index >= 15 is 0 Å². The number of anilines is 9. The van der Waals surface area contributed by atoms with Gasteiger partial charge < -0.3 is 70.5 Å². The number of nitrogens with one attached hydrogen (secondary N) is 7. The Morgan fingerprint density at radius 3 is 1.57 bits per heavy atom. The van der Waals surface area contributed by atoms with Crippen molar-refractivity contribution in [3.8, 4) is 0 Å². The van der Waals surface area contributed by atoms with E-state index in [1.807, 2.05) is 123 Å². The fourth-order valence-electron chi connectivity index (χ4n) is 16.5. The lowest BCUT2D eigenvalue weighted by atomic mass is 9.99. The highest BCUT2D eigenvalue weighted by atomic mass is 16.5. The predicted molar refractivity (Wildman–Crippen MR) is 462 cm³/mol. The van der Waals surface area contributed by atoms with Gasteiger partial charge in [0.1, 0.15) is 12.1 Å². The van der Waals surface area contributed by atoms with Crippen LogP contribution in [0, 0.1) is 13.8 Å². The minimum Gasteiger partial charge on any atom is -0.462 e. The van der Waals surface area contributed by atoms with Gasteiger partial charge in [-0.1, -0.05) is 54.6 Å². The molecule has 3 atom stereocenters. The van der Waals surface area contributed by atoms with Crippen molar-refractivity contribution in [1.29, 1.82) is 0 Å². The second-order valence-electron chi connectivity index (χ2n) is 31.6. The number of piperazine rings is 3. The summed E-state index contributed by atoms with van der Waals surface area (Å²) in [5.74, 6) is 1.21. The van der Waals surface area contributed by atoms with Crippen LogP contribution in [0.25, 0.3) is 27.6 Å². The van der Waals surface area contributed by atoms with Crippen molar-refractivity contribution in [2.24, 2.45) is 0 Å². The molecule has 5 aliphatic heterocycles. The van der Waals surface area contributed by atoms with Crippen LogP contribution in [0.5, 0.6) is 0 Å². The van der Waals surface area contributed by atoms with Gasteiger partial charge in [0.05, 0.1) is 79.6 Å². The van der Waals surface area contributed by atoms with Gasteiger partial charge in [-0.15, -0.1) is 0 Å². The number of hydrogen-bond donors (Lipinski definition) is 7. The van der Waals surface area contributed by atoms with E-state index in [2.05, 4.69) is 150 Å². The number of fused-ring (bicyclic) bond motifs is 5. The molecule has 119 heavy (non-hydrogen) atoms. The van der Waals surface area contributed by atoms with Crippen LogP contribution in [0.3, 0.4) is 0 Å². The normalized spacial score (nSPS) is 17.7. The summed E-state index contributed by atoms with van der Waals surface area (Å²) in [7, 11) is 9.63. The molecule has 616 valence electrons. The van der Waals surface area contributed by atoms with Gasteiger partial charge in [-0.2, -0.15) is 5.10 Å². The Hall–Kier alpha value is -11.8.